The van der Waals surface area contributed by atoms with Gasteiger partial charge < -0.3 is 4.90 Å². The summed E-state index contributed by atoms with van der Waals surface area (Å²) < 4.78 is 29.3. The number of carbonyl (C=O) groups excluding carboxylic acids is 1. The fourth-order valence-corrected chi connectivity index (χ4v) is 4.54. The number of nitrogens with zero attached hydrogens (tertiary/aromatic N) is 3. The Bertz CT molecular complexity index is 1130. The second-order valence-electron chi connectivity index (χ2n) is 7.25. The van der Waals surface area contributed by atoms with E-state index in [9.17, 15) is 13.2 Å². The Morgan fingerprint density at radius 2 is 1.63 bits per heavy atom. The van der Waals surface area contributed by atoms with Crippen molar-refractivity contribution in [1.29, 1.82) is 0 Å². The Hall–Kier alpha value is -2.97. The van der Waals surface area contributed by atoms with Crippen molar-refractivity contribution in [3.63, 3.8) is 0 Å². The van der Waals surface area contributed by atoms with Crippen molar-refractivity contribution in [3.05, 3.63) is 77.6 Å². The molecule has 0 bridgehead atoms. The van der Waals surface area contributed by atoms with E-state index in [1.165, 1.54) is 17.0 Å². The Labute approximate surface area is 177 Å². The summed E-state index contributed by atoms with van der Waals surface area (Å²) in [6.45, 7) is 5.75. The SMILES string of the molecule is Cc1nn(-c2ccccc2)c(C)c1CN(C)C(=O)C(C)NS(=O)(=O)c1ccccc1. The summed E-state index contributed by atoms with van der Waals surface area (Å²) in [5.74, 6) is -0.319. The molecule has 1 amide bonds. The van der Waals surface area contributed by atoms with E-state index in [1.807, 2.05) is 48.9 Å². The van der Waals surface area contributed by atoms with Crippen LogP contribution in [0.4, 0.5) is 0 Å². The number of likely N-dealkylation sites (N-methyl/N-ethyl adjacent to an activating group) is 1. The highest BCUT2D eigenvalue weighted by atomic mass is 32.2. The molecule has 7 nitrogen and oxygen atoms in total. The molecule has 30 heavy (non-hydrogen) atoms. The molecule has 1 atom stereocenters. The highest BCUT2D eigenvalue weighted by Crippen LogP contribution is 2.19. The van der Waals surface area contributed by atoms with Crippen LogP contribution in [0.2, 0.25) is 0 Å². The zero-order valence-electron chi connectivity index (χ0n) is 17.5. The average Bonchev–Trinajstić information content (AvgIpc) is 3.02. The van der Waals surface area contributed by atoms with E-state index in [2.05, 4.69) is 9.82 Å². The molecule has 0 aliphatic heterocycles. The molecular formula is C22H26N4O3S. The molecule has 0 saturated carbocycles. The van der Waals surface area contributed by atoms with Gasteiger partial charge in [0.2, 0.25) is 15.9 Å². The van der Waals surface area contributed by atoms with Gasteiger partial charge in [0.15, 0.2) is 0 Å². The lowest BCUT2D eigenvalue weighted by molar-refractivity contribution is -0.131. The van der Waals surface area contributed by atoms with Crippen molar-refractivity contribution in [2.45, 2.75) is 38.3 Å². The molecule has 8 heteroatoms. The minimum Gasteiger partial charge on any atom is -0.340 e. The minimum absolute atomic E-state index is 0.128. The van der Waals surface area contributed by atoms with Gasteiger partial charge in [-0.2, -0.15) is 9.82 Å². The molecule has 2 aromatic carbocycles. The van der Waals surface area contributed by atoms with Crippen LogP contribution in [0.15, 0.2) is 65.6 Å². The molecule has 1 heterocycles. The molecule has 0 radical (unpaired) electrons. The third-order valence-electron chi connectivity index (χ3n) is 4.97. The van der Waals surface area contributed by atoms with Gasteiger partial charge in [0.1, 0.15) is 0 Å². The van der Waals surface area contributed by atoms with Gasteiger partial charge in [-0.15, -0.1) is 0 Å². The fourth-order valence-electron chi connectivity index (χ4n) is 3.32. The molecule has 0 spiro atoms. The van der Waals surface area contributed by atoms with Crippen LogP contribution in [0.3, 0.4) is 0 Å². The minimum atomic E-state index is -3.77. The summed E-state index contributed by atoms with van der Waals surface area (Å²) in [5, 5.41) is 4.60. The number of nitrogens with one attached hydrogen (secondary N) is 1. The summed E-state index contributed by atoms with van der Waals surface area (Å²) in [7, 11) is -2.11. The first kappa shape index (κ1) is 21.7. The van der Waals surface area contributed by atoms with Crippen LogP contribution in [0.25, 0.3) is 5.69 Å². The number of aromatic nitrogens is 2. The van der Waals surface area contributed by atoms with E-state index >= 15 is 0 Å². The van der Waals surface area contributed by atoms with Gasteiger partial charge in [-0.25, -0.2) is 13.1 Å². The van der Waals surface area contributed by atoms with Gasteiger partial charge in [0.25, 0.3) is 0 Å². The van der Waals surface area contributed by atoms with Gasteiger partial charge in [-0.1, -0.05) is 36.4 Å². The number of sulfonamides is 1. The van der Waals surface area contributed by atoms with Crippen LogP contribution >= 0.6 is 0 Å². The van der Waals surface area contributed by atoms with Crippen molar-refractivity contribution in [2.24, 2.45) is 0 Å². The monoisotopic (exact) mass is 426 g/mol. The first-order valence-electron chi connectivity index (χ1n) is 9.63. The van der Waals surface area contributed by atoms with Crippen molar-refractivity contribution in [2.75, 3.05) is 7.05 Å². The Morgan fingerprint density at radius 1 is 1.07 bits per heavy atom. The molecular weight excluding hydrogens is 400 g/mol. The van der Waals surface area contributed by atoms with Crippen LogP contribution in [-0.4, -0.2) is 42.1 Å². The second-order valence-corrected chi connectivity index (χ2v) is 8.96. The summed E-state index contributed by atoms with van der Waals surface area (Å²) >= 11 is 0. The maximum atomic E-state index is 12.8. The normalized spacial score (nSPS) is 12.5. The topological polar surface area (TPSA) is 84.3 Å². The third-order valence-corrected chi connectivity index (χ3v) is 6.53. The number of hydrogen-bond acceptors (Lipinski definition) is 4. The number of carbonyl (C=O) groups is 1. The van der Waals surface area contributed by atoms with Crippen LogP contribution < -0.4 is 4.72 Å². The largest absolute Gasteiger partial charge is 0.340 e. The lowest BCUT2D eigenvalue weighted by Crippen LogP contribution is -2.45. The Balaban J connectivity index is 1.74. The van der Waals surface area contributed by atoms with E-state index in [4.69, 9.17) is 0 Å². The molecule has 1 N–H and O–H groups in total. The fraction of sp³-hybridized carbons (Fsp3) is 0.273. The number of rotatable bonds is 7. The summed E-state index contributed by atoms with van der Waals surface area (Å²) in [6, 6.07) is 16.9. The summed E-state index contributed by atoms with van der Waals surface area (Å²) in [6.07, 6.45) is 0. The van der Waals surface area contributed by atoms with Crippen LogP contribution in [0.1, 0.15) is 23.9 Å². The molecule has 3 rings (SSSR count). The van der Waals surface area contributed by atoms with Gasteiger partial charge in [0, 0.05) is 24.8 Å². The molecule has 0 fully saturated rings. The number of hydrogen-bond donors (Lipinski definition) is 1. The third kappa shape index (κ3) is 4.60. The van der Waals surface area contributed by atoms with Gasteiger partial charge >= 0.3 is 0 Å². The zero-order valence-corrected chi connectivity index (χ0v) is 18.3. The smallest absolute Gasteiger partial charge is 0.241 e. The lowest BCUT2D eigenvalue weighted by Gasteiger charge is -2.22. The molecule has 0 saturated heterocycles. The zero-order chi connectivity index (χ0) is 21.9. The Morgan fingerprint density at radius 3 is 2.23 bits per heavy atom. The number of aryl methyl sites for hydroxylation is 1. The second kappa shape index (κ2) is 8.81. The highest BCUT2D eigenvalue weighted by Gasteiger charge is 2.25. The number of amides is 1. The lowest BCUT2D eigenvalue weighted by atomic mass is 10.1. The number of benzene rings is 2. The molecule has 1 aromatic heterocycles. The predicted molar refractivity (Wildman–Crippen MR) is 116 cm³/mol. The average molecular weight is 427 g/mol. The maximum absolute atomic E-state index is 12.8. The Kier molecular flexibility index (Phi) is 6.38. The summed E-state index contributed by atoms with van der Waals surface area (Å²) in [4.78, 5) is 14.5. The number of para-hydroxylation sites is 1. The van der Waals surface area contributed by atoms with Crippen LogP contribution in [0, 0.1) is 13.8 Å². The van der Waals surface area contributed by atoms with Crippen molar-refractivity contribution in [1.82, 2.24) is 19.4 Å². The summed E-state index contributed by atoms with van der Waals surface area (Å²) in [5.41, 5.74) is 3.65. The van der Waals surface area contributed by atoms with Crippen LogP contribution in [0.5, 0.6) is 0 Å². The van der Waals surface area contributed by atoms with Crippen molar-refractivity contribution in [3.8, 4) is 5.69 Å². The van der Waals surface area contributed by atoms with Gasteiger partial charge in [-0.05, 0) is 45.0 Å². The highest BCUT2D eigenvalue weighted by molar-refractivity contribution is 7.89. The van der Waals surface area contributed by atoms with E-state index in [0.717, 1.165) is 22.6 Å². The molecule has 1 unspecified atom stereocenters. The first-order chi connectivity index (χ1) is 14.2. The molecule has 158 valence electrons. The van der Waals surface area contributed by atoms with Gasteiger partial charge in [0.05, 0.1) is 22.3 Å². The quantitative estimate of drug-likeness (QED) is 0.630. The molecule has 3 aromatic rings. The van der Waals surface area contributed by atoms with E-state index in [1.54, 1.807) is 32.2 Å². The van der Waals surface area contributed by atoms with Gasteiger partial charge in [-0.3, -0.25) is 4.79 Å². The molecule has 0 aliphatic rings. The maximum Gasteiger partial charge on any atom is 0.241 e. The molecule has 0 aliphatic carbocycles. The van der Waals surface area contributed by atoms with Crippen molar-refractivity contribution >= 4 is 15.9 Å². The standard InChI is InChI=1S/C22H26N4O3S/c1-16-21(18(3)26(23-16)19-11-7-5-8-12-19)15-25(4)22(27)17(2)24-30(28,29)20-13-9-6-10-14-20/h5-14,17,24H,15H2,1-4H3. The van der Waals surface area contributed by atoms with E-state index in [0.29, 0.717) is 6.54 Å². The van der Waals surface area contributed by atoms with Crippen LogP contribution in [-0.2, 0) is 21.4 Å². The van der Waals surface area contributed by atoms with Crippen molar-refractivity contribution < 1.29 is 13.2 Å². The van der Waals surface area contributed by atoms with E-state index < -0.39 is 16.1 Å². The first-order valence-corrected chi connectivity index (χ1v) is 11.1. The predicted octanol–water partition coefficient (Wildman–Crippen LogP) is 2.81. The van der Waals surface area contributed by atoms with E-state index in [-0.39, 0.29) is 10.8 Å².